The lowest BCUT2D eigenvalue weighted by atomic mass is 10.1. The summed E-state index contributed by atoms with van der Waals surface area (Å²) >= 11 is 1.41. The number of aromatic nitrogens is 1. The molecule has 2 rings (SSSR count). The van der Waals surface area contributed by atoms with Gasteiger partial charge in [-0.2, -0.15) is 0 Å². The Morgan fingerprint density at radius 3 is 2.59 bits per heavy atom. The van der Waals surface area contributed by atoms with Gasteiger partial charge in [0.2, 0.25) is 0 Å². The number of nitrogens with zero attached hydrogens (tertiary/aromatic N) is 1. The van der Waals surface area contributed by atoms with Gasteiger partial charge in [-0.1, -0.05) is 31.9 Å². The number of unbranched alkanes of at least 4 members (excludes halogenated alkanes) is 2. The first-order valence-corrected chi connectivity index (χ1v) is 8.15. The van der Waals surface area contributed by atoms with Crippen LogP contribution >= 0.6 is 23.7 Å². The van der Waals surface area contributed by atoms with Crippen molar-refractivity contribution in [3.05, 3.63) is 45.9 Å². The van der Waals surface area contributed by atoms with Crippen molar-refractivity contribution in [2.24, 2.45) is 5.73 Å². The molecule has 22 heavy (non-hydrogen) atoms. The highest BCUT2D eigenvalue weighted by Gasteiger charge is 2.10. The Bertz CT molecular complexity index is 583. The lowest BCUT2D eigenvalue weighted by Crippen LogP contribution is -2.12. The number of amides is 1. The molecule has 0 radical (unpaired) electrons. The molecule has 0 fully saturated rings. The van der Waals surface area contributed by atoms with Crippen LogP contribution < -0.4 is 11.1 Å². The van der Waals surface area contributed by atoms with Crippen LogP contribution in [0.1, 0.15) is 47.2 Å². The van der Waals surface area contributed by atoms with Crippen molar-refractivity contribution >= 4 is 35.3 Å². The maximum Gasteiger partial charge on any atom is 0.275 e. The van der Waals surface area contributed by atoms with E-state index in [1.54, 1.807) is 5.38 Å². The average Bonchev–Trinajstić information content (AvgIpc) is 2.98. The number of hydrogen-bond donors (Lipinski definition) is 2. The highest BCUT2D eigenvalue weighted by atomic mass is 35.5. The Kier molecular flexibility index (Phi) is 8.09. The molecule has 0 saturated carbocycles. The van der Waals surface area contributed by atoms with E-state index in [0.717, 1.165) is 17.1 Å². The zero-order chi connectivity index (χ0) is 15.1. The van der Waals surface area contributed by atoms with E-state index in [4.69, 9.17) is 5.73 Å². The maximum absolute atomic E-state index is 12.0. The largest absolute Gasteiger partial charge is 0.325 e. The summed E-state index contributed by atoms with van der Waals surface area (Å²) in [5.41, 5.74) is 8.02. The zero-order valence-corrected chi connectivity index (χ0v) is 14.3. The Labute approximate surface area is 141 Å². The van der Waals surface area contributed by atoms with Gasteiger partial charge < -0.3 is 11.1 Å². The lowest BCUT2D eigenvalue weighted by Gasteiger charge is -2.05. The predicted molar refractivity (Wildman–Crippen MR) is 94.9 cm³/mol. The van der Waals surface area contributed by atoms with Gasteiger partial charge in [0.05, 0.1) is 0 Å². The molecule has 0 bridgehead atoms. The summed E-state index contributed by atoms with van der Waals surface area (Å²) < 4.78 is 0. The Hall–Kier alpha value is -1.43. The Morgan fingerprint density at radius 2 is 2.00 bits per heavy atom. The van der Waals surface area contributed by atoms with E-state index in [1.165, 1.54) is 36.2 Å². The topological polar surface area (TPSA) is 68.0 Å². The first kappa shape index (κ1) is 18.6. The minimum Gasteiger partial charge on any atom is -0.325 e. The summed E-state index contributed by atoms with van der Waals surface area (Å²) in [5, 5.41) is 5.36. The quantitative estimate of drug-likeness (QED) is 0.749. The van der Waals surface area contributed by atoms with Gasteiger partial charge >= 0.3 is 0 Å². The second kappa shape index (κ2) is 9.56. The molecular weight excluding hydrogens is 318 g/mol. The Balaban J connectivity index is 0.00000242. The molecule has 0 unspecified atom stereocenters. The molecule has 0 aliphatic heterocycles. The summed E-state index contributed by atoms with van der Waals surface area (Å²) in [5.74, 6) is -0.190. The fourth-order valence-corrected chi connectivity index (χ4v) is 2.69. The minimum atomic E-state index is -0.190. The summed E-state index contributed by atoms with van der Waals surface area (Å²) in [6, 6.07) is 8.01. The summed E-state index contributed by atoms with van der Waals surface area (Å²) in [7, 11) is 0. The molecule has 1 aromatic heterocycles. The van der Waals surface area contributed by atoms with Gasteiger partial charge in [0.25, 0.3) is 5.91 Å². The van der Waals surface area contributed by atoms with Crippen LogP contribution in [0.3, 0.4) is 0 Å². The first-order chi connectivity index (χ1) is 10.2. The SMILES string of the molecule is CCCCCc1ccc(NC(=O)c2csc(CN)n2)cc1.Cl. The molecule has 4 nitrogen and oxygen atoms in total. The third kappa shape index (κ3) is 5.40. The van der Waals surface area contributed by atoms with Crippen molar-refractivity contribution in [3.8, 4) is 0 Å². The van der Waals surface area contributed by atoms with Crippen LogP contribution in [0.5, 0.6) is 0 Å². The number of aryl methyl sites for hydroxylation is 1. The lowest BCUT2D eigenvalue weighted by molar-refractivity contribution is 0.102. The summed E-state index contributed by atoms with van der Waals surface area (Å²) in [4.78, 5) is 16.2. The number of carbonyl (C=O) groups is 1. The highest BCUT2D eigenvalue weighted by molar-refractivity contribution is 7.09. The third-order valence-corrected chi connectivity index (χ3v) is 4.11. The van der Waals surface area contributed by atoms with Crippen LogP contribution in [0.25, 0.3) is 0 Å². The number of halogens is 1. The molecule has 1 aromatic carbocycles. The molecule has 0 saturated heterocycles. The number of hydrogen-bond acceptors (Lipinski definition) is 4. The van der Waals surface area contributed by atoms with Crippen LogP contribution in [-0.4, -0.2) is 10.9 Å². The fraction of sp³-hybridized carbons (Fsp3) is 0.375. The molecule has 0 aliphatic carbocycles. The molecule has 0 aliphatic rings. The normalized spacial score (nSPS) is 10.1. The molecule has 0 atom stereocenters. The van der Waals surface area contributed by atoms with Gasteiger partial charge in [0.1, 0.15) is 10.7 Å². The second-order valence-electron chi connectivity index (χ2n) is 4.94. The molecule has 120 valence electrons. The van der Waals surface area contributed by atoms with Crippen molar-refractivity contribution in [2.45, 2.75) is 39.2 Å². The number of nitrogens with two attached hydrogens (primary N) is 1. The van der Waals surface area contributed by atoms with Gasteiger partial charge in [0.15, 0.2) is 0 Å². The van der Waals surface area contributed by atoms with E-state index in [2.05, 4.69) is 29.4 Å². The van der Waals surface area contributed by atoms with Gasteiger partial charge in [-0.25, -0.2) is 4.98 Å². The third-order valence-electron chi connectivity index (χ3n) is 3.24. The van der Waals surface area contributed by atoms with E-state index in [-0.39, 0.29) is 18.3 Å². The van der Waals surface area contributed by atoms with Gasteiger partial charge in [-0.3, -0.25) is 4.79 Å². The number of benzene rings is 1. The van der Waals surface area contributed by atoms with E-state index in [9.17, 15) is 4.79 Å². The first-order valence-electron chi connectivity index (χ1n) is 7.27. The van der Waals surface area contributed by atoms with Crippen molar-refractivity contribution < 1.29 is 4.79 Å². The number of anilines is 1. The average molecular weight is 340 g/mol. The zero-order valence-electron chi connectivity index (χ0n) is 12.7. The molecule has 1 heterocycles. The number of carbonyl (C=O) groups excluding carboxylic acids is 1. The molecule has 6 heteroatoms. The minimum absolute atomic E-state index is 0. The Morgan fingerprint density at radius 1 is 1.27 bits per heavy atom. The predicted octanol–water partition coefficient (Wildman–Crippen LogP) is 4.01. The van der Waals surface area contributed by atoms with Crippen molar-refractivity contribution in [1.29, 1.82) is 0 Å². The second-order valence-corrected chi connectivity index (χ2v) is 5.88. The van der Waals surface area contributed by atoms with Crippen LogP contribution in [0.15, 0.2) is 29.6 Å². The summed E-state index contributed by atoms with van der Waals surface area (Å²) in [6.07, 6.45) is 4.79. The number of rotatable bonds is 7. The number of thiazole rings is 1. The van der Waals surface area contributed by atoms with Crippen LogP contribution in [0.4, 0.5) is 5.69 Å². The molecular formula is C16H22ClN3OS. The highest BCUT2D eigenvalue weighted by Crippen LogP contribution is 2.15. The van der Waals surface area contributed by atoms with Gasteiger partial charge in [0, 0.05) is 17.6 Å². The summed E-state index contributed by atoms with van der Waals surface area (Å²) in [6.45, 7) is 2.57. The van der Waals surface area contributed by atoms with Crippen LogP contribution in [0.2, 0.25) is 0 Å². The number of nitrogens with one attached hydrogen (secondary N) is 1. The van der Waals surface area contributed by atoms with Gasteiger partial charge in [-0.15, -0.1) is 23.7 Å². The monoisotopic (exact) mass is 339 g/mol. The van der Waals surface area contributed by atoms with Gasteiger partial charge in [-0.05, 0) is 30.5 Å². The standard InChI is InChI=1S/C16H21N3OS.ClH/c1-2-3-4-5-12-6-8-13(9-7-12)18-16(20)14-11-21-15(10-17)19-14;/h6-9,11H,2-5,10,17H2,1H3,(H,18,20);1H. The fourth-order valence-electron chi connectivity index (χ4n) is 2.04. The van der Waals surface area contributed by atoms with E-state index < -0.39 is 0 Å². The molecule has 2 aromatic rings. The smallest absolute Gasteiger partial charge is 0.275 e. The van der Waals surface area contributed by atoms with Crippen molar-refractivity contribution in [2.75, 3.05) is 5.32 Å². The van der Waals surface area contributed by atoms with E-state index >= 15 is 0 Å². The van der Waals surface area contributed by atoms with Crippen LogP contribution in [-0.2, 0) is 13.0 Å². The van der Waals surface area contributed by atoms with E-state index in [0.29, 0.717) is 12.2 Å². The molecule has 0 spiro atoms. The van der Waals surface area contributed by atoms with Crippen molar-refractivity contribution in [3.63, 3.8) is 0 Å². The van der Waals surface area contributed by atoms with Crippen LogP contribution in [0, 0.1) is 0 Å². The van der Waals surface area contributed by atoms with E-state index in [1.807, 2.05) is 12.1 Å². The molecule has 3 N–H and O–H groups in total. The molecule has 1 amide bonds. The van der Waals surface area contributed by atoms with Crippen molar-refractivity contribution in [1.82, 2.24) is 4.98 Å². The maximum atomic E-state index is 12.0.